The minimum Gasteiger partial charge on any atom is -0.480 e. The second-order valence-corrected chi connectivity index (χ2v) is 3.04. The van der Waals surface area contributed by atoms with Crippen molar-refractivity contribution in [3.8, 4) is 12.3 Å². The normalized spacial score (nSPS) is 13.0. The van der Waals surface area contributed by atoms with Crippen LogP contribution in [0, 0.1) is 12.3 Å². The van der Waals surface area contributed by atoms with Crippen molar-refractivity contribution in [3.63, 3.8) is 0 Å². The predicted octanol–water partition coefficient (Wildman–Crippen LogP) is -1.36. The Bertz CT molecular complexity index is 334. The van der Waals surface area contributed by atoms with Crippen molar-refractivity contribution in [1.29, 1.82) is 0 Å². The molecule has 2 atom stereocenters. The van der Waals surface area contributed by atoms with Gasteiger partial charge in [-0.05, 0) is 6.92 Å². The van der Waals surface area contributed by atoms with Crippen molar-refractivity contribution in [2.45, 2.75) is 25.4 Å². The molecule has 0 fully saturated rings. The Morgan fingerprint density at radius 2 is 2.00 bits per heavy atom. The van der Waals surface area contributed by atoms with E-state index in [0.29, 0.717) is 0 Å². The predicted molar refractivity (Wildman–Crippen MR) is 55.2 cm³/mol. The Morgan fingerprint density at radius 3 is 2.38 bits per heavy atom. The number of hydrogen-bond donors (Lipinski definition) is 4. The van der Waals surface area contributed by atoms with Crippen molar-refractivity contribution in [2.75, 3.05) is 0 Å². The fraction of sp³-hybridized carbons (Fsp3) is 0.444. The minimum atomic E-state index is -1.24. The van der Waals surface area contributed by atoms with E-state index in [0.717, 1.165) is 0 Å². The van der Waals surface area contributed by atoms with Crippen LogP contribution in [0.15, 0.2) is 0 Å². The van der Waals surface area contributed by atoms with Gasteiger partial charge in [0.2, 0.25) is 5.91 Å². The summed E-state index contributed by atoms with van der Waals surface area (Å²) in [6, 6.07) is -2.96. The van der Waals surface area contributed by atoms with Gasteiger partial charge in [-0.2, -0.15) is 0 Å². The summed E-state index contributed by atoms with van der Waals surface area (Å²) in [6.07, 6.45) is 4.81. The molecule has 16 heavy (non-hydrogen) atoms. The first-order chi connectivity index (χ1) is 7.38. The highest BCUT2D eigenvalue weighted by Gasteiger charge is 2.22. The lowest BCUT2D eigenvalue weighted by Gasteiger charge is -2.16. The Kier molecular flexibility index (Phi) is 5.41. The van der Waals surface area contributed by atoms with E-state index in [1.165, 1.54) is 6.92 Å². The standard InChI is InChI=1S/C9H13N3O4/c1-3-4-6(8(14)15)12-7(13)5(2)11-9(10)16/h1,5-6H,4H2,2H3,(H,12,13)(H,14,15)(H3,10,11,16). The summed E-state index contributed by atoms with van der Waals surface area (Å²) >= 11 is 0. The number of hydrogen-bond acceptors (Lipinski definition) is 3. The van der Waals surface area contributed by atoms with Gasteiger partial charge in [0.05, 0.1) is 0 Å². The molecule has 0 rings (SSSR count). The van der Waals surface area contributed by atoms with Crippen LogP contribution >= 0.6 is 0 Å². The summed E-state index contributed by atoms with van der Waals surface area (Å²) in [7, 11) is 0. The Balaban J connectivity index is 4.35. The second-order valence-electron chi connectivity index (χ2n) is 3.04. The molecule has 7 nitrogen and oxygen atoms in total. The first-order valence-electron chi connectivity index (χ1n) is 4.41. The van der Waals surface area contributed by atoms with E-state index >= 15 is 0 Å². The third kappa shape index (κ3) is 4.85. The van der Waals surface area contributed by atoms with Crippen molar-refractivity contribution in [3.05, 3.63) is 0 Å². The number of aliphatic carboxylic acids is 1. The monoisotopic (exact) mass is 227 g/mol. The molecule has 0 aliphatic carbocycles. The zero-order valence-corrected chi connectivity index (χ0v) is 8.69. The Morgan fingerprint density at radius 1 is 1.44 bits per heavy atom. The molecule has 0 spiro atoms. The molecule has 0 saturated heterocycles. The van der Waals surface area contributed by atoms with Gasteiger partial charge in [0.15, 0.2) is 0 Å². The highest BCUT2D eigenvalue weighted by Crippen LogP contribution is 1.92. The van der Waals surface area contributed by atoms with E-state index in [2.05, 4.69) is 16.6 Å². The van der Waals surface area contributed by atoms with E-state index in [9.17, 15) is 14.4 Å². The molecule has 0 radical (unpaired) electrons. The molecular weight excluding hydrogens is 214 g/mol. The third-order valence-electron chi connectivity index (χ3n) is 1.69. The van der Waals surface area contributed by atoms with E-state index in [1.54, 1.807) is 0 Å². The first kappa shape index (κ1) is 13.8. The van der Waals surface area contributed by atoms with Crippen LogP contribution < -0.4 is 16.4 Å². The molecule has 3 amide bonds. The highest BCUT2D eigenvalue weighted by molar-refractivity contribution is 5.89. The van der Waals surface area contributed by atoms with E-state index < -0.39 is 30.0 Å². The number of primary amides is 1. The van der Waals surface area contributed by atoms with Crippen molar-refractivity contribution < 1.29 is 19.5 Å². The molecule has 0 aromatic heterocycles. The number of urea groups is 1. The van der Waals surface area contributed by atoms with Gasteiger partial charge in [-0.1, -0.05) is 0 Å². The maximum absolute atomic E-state index is 11.4. The summed E-state index contributed by atoms with van der Waals surface area (Å²) < 4.78 is 0. The van der Waals surface area contributed by atoms with Gasteiger partial charge in [0, 0.05) is 6.42 Å². The molecule has 0 heterocycles. The number of nitrogens with one attached hydrogen (secondary N) is 2. The van der Waals surface area contributed by atoms with Gasteiger partial charge in [0.1, 0.15) is 12.1 Å². The maximum Gasteiger partial charge on any atom is 0.327 e. The second kappa shape index (κ2) is 6.29. The van der Waals surface area contributed by atoms with Crippen LogP contribution in [0.3, 0.4) is 0 Å². The lowest BCUT2D eigenvalue weighted by Crippen LogP contribution is -2.51. The average molecular weight is 227 g/mol. The van der Waals surface area contributed by atoms with Crippen LogP contribution in [-0.2, 0) is 9.59 Å². The quantitative estimate of drug-likeness (QED) is 0.433. The highest BCUT2D eigenvalue weighted by atomic mass is 16.4. The van der Waals surface area contributed by atoms with Gasteiger partial charge in [-0.15, -0.1) is 12.3 Å². The molecule has 0 aromatic rings. The number of nitrogens with two attached hydrogens (primary N) is 1. The first-order valence-corrected chi connectivity index (χ1v) is 4.41. The van der Waals surface area contributed by atoms with E-state index in [1.807, 2.05) is 0 Å². The number of carboxylic acid groups (broad SMARTS) is 1. The SMILES string of the molecule is C#CCC(NC(=O)C(C)NC(N)=O)C(=O)O. The topological polar surface area (TPSA) is 122 Å². The molecular formula is C9H13N3O4. The smallest absolute Gasteiger partial charge is 0.327 e. The van der Waals surface area contributed by atoms with Crippen molar-refractivity contribution >= 4 is 17.9 Å². The summed E-state index contributed by atoms with van der Waals surface area (Å²) in [6.45, 7) is 1.37. The van der Waals surface area contributed by atoms with Crippen LogP contribution in [0.4, 0.5) is 4.79 Å². The van der Waals surface area contributed by atoms with Gasteiger partial charge in [-0.3, -0.25) is 4.79 Å². The lowest BCUT2D eigenvalue weighted by molar-refractivity contribution is -0.141. The third-order valence-corrected chi connectivity index (χ3v) is 1.69. The molecule has 0 aliphatic heterocycles. The number of carboxylic acids is 1. The number of carbonyl (C=O) groups is 3. The average Bonchev–Trinajstić information content (AvgIpc) is 2.15. The summed E-state index contributed by atoms with van der Waals surface area (Å²) in [5, 5.41) is 13.0. The maximum atomic E-state index is 11.4. The van der Waals surface area contributed by atoms with Crippen molar-refractivity contribution in [2.24, 2.45) is 5.73 Å². The number of carbonyl (C=O) groups excluding carboxylic acids is 2. The minimum absolute atomic E-state index is 0.135. The molecule has 88 valence electrons. The van der Waals surface area contributed by atoms with Gasteiger partial charge in [-0.25, -0.2) is 9.59 Å². The van der Waals surface area contributed by atoms with Gasteiger partial charge >= 0.3 is 12.0 Å². The summed E-state index contributed by atoms with van der Waals surface area (Å²) in [5.74, 6) is 0.223. The molecule has 0 aromatic carbocycles. The van der Waals surface area contributed by atoms with Crippen LogP contribution in [0.5, 0.6) is 0 Å². The molecule has 0 saturated carbocycles. The van der Waals surface area contributed by atoms with Crippen LogP contribution in [0.2, 0.25) is 0 Å². The zero-order valence-electron chi connectivity index (χ0n) is 8.69. The van der Waals surface area contributed by atoms with Crippen molar-refractivity contribution in [1.82, 2.24) is 10.6 Å². The number of terminal acetylenes is 1. The summed E-state index contributed by atoms with van der Waals surface area (Å²) in [4.78, 5) is 32.4. The van der Waals surface area contributed by atoms with Gasteiger partial charge < -0.3 is 21.5 Å². The van der Waals surface area contributed by atoms with Gasteiger partial charge in [0.25, 0.3) is 0 Å². The van der Waals surface area contributed by atoms with Crippen LogP contribution in [0.1, 0.15) is 13.3 Å². The van der Waals surface area contributed by atoms with E-state index in [4.69, 9.17) is 17.3 Å². The van der Waals surface area contributed by atoms with Crippen LogP contribution in [0.25, 0.3) is 0 Å². The fourth-order valence-corrected chi connectivity index (χ4v) is 0.894. The number of amides is 3. The largest absolute Gasteiger partial charge is 0.480 e. The Hall–Kier alpha value is -2.23. The molecule has 0 aliphatic rings. The lowest BCUT2D eigenvalue weighted by atomic mass is 10.2. The number of rotatable bonds is 5. The molecule has 0 bridgehead atoms. The fourth-order valence-electron chi connectivity index (χ4n) is 0.894. The molecule has 5 N–H and O–H groups in total. The Labute approximate surface area is 92.4 Å². The van der Waals surface area contributed by atoms with Crippen LogP contribution in [-0.4, -0.2) is 35.1 Å². The molecule has 7 heteroatoms. The molecule has 2 unspecified atom stereocenters. The summed E-state index contributed by atoms with van der Waals surface area (Å²) in [5.41, 5.74) is 4.80. The zero-order chi connectivity index (χ0) is 12.7. The van der Waals surface area contributed by atoms with E-state index in [-0.39, 0.29) is 6.42 Å².